The summed E-state index contributed by atoms with van der Waals surface area (Å²) in [6, 6.07) is 12.2. The summed E-state index contributed by atoms with van der Waals surface area (Å²) in [5.74, 6) is 1.04. The molecule has 1 aromatic carbocycles. The molecule has 0 spiro atoms. The second-order valence-electron chi connectivity index (χ2n) is 6.56. The van der Waals surface area contributed by atoms with Crippen molar-refractivity contribution in [3.05, 3.63) is 54.4 Å². The zero-order chi connectivity index (χ0) is 18.5. The first-order valence-corrected chi connectivity index (χ1v) is 11.0. The number of rotatable bonds is 6. The second-order valence-corrected chi connectivity index (χ2v) is 8.94. The summed E-state index contributed by atoms with van der Waals surface area (Å²) in [5.41, 5.74) is 2.27. The fraction of sp³-hybridized carbons (Fsp3) is 0.350. The number of carbonyl (C=O) groups excluding carboxylic acids is 1. The average molecular weight is 399 g/mol. The smallest absolute Gasteiger partial charge is 0.223 e. The molecule has 2 aromatic heterocycles. The zero-order valence-electron chi connectivity index (χ0n) is 15.1. The van der Waals surface area contributed by atoms with Crippen LogP contribution in [0.4, 0.5) is 0 Å². The number of para-hydroxylation sites is 1. The van der Waals surface area contributed by atoms with E-state index in [4.69, 9.17) is 0 Å². The van der Waals surface area contributed by atoms with Crippen LogP contribution in [0.3, 0.4) is 0 Å². The van der Waals surface area contributed by atoms with E-state index in [1.807, 2.05) is 35.4 Å². The first kappa shape index (κ1) is 18.4. The van der Waals surface area contributed by atoms with E-state index >= 15 is 0 Å². The Hall–Kier alpha value is -1.96. The molecule has 140 valence electrons. The molecule has 3 heterocycles. The summed E-state index contributed by atoms with van der Waals surface area (Å²) < 4.78 is 2.25. The lowest BCUT2D eigenvalue weighted by molar-refractivity contribution is -0.132. The van der Waals surface area contributed by atoms with Crippen LogP contribution >= 0.6 is 23.1 Å². The number of aromatic nitrogens is 2. The molecule has 0 radical (unpaired) electrons. The molecule has 1 fully saturated rings. The quantitative estimate of drug-likeness (QED) is 0.595. The van der Waals surface area contributed by atoms with Crippen LogP contribution in [0.2, 0.25) is 0 Å². The number of benzene rings is 1. The number of amides is 1. The first-order valence-electron chi connectivity index (χ1n) is 9.15. The minimum Gasteiger partial charge on any atom is -0.340 e. The summed E-state index contributed by atoms with van der Waals surface area (Å²) in [6.45, 7) is 4.37. The maximum atomic E-state index is 12.5. The van der Waals surface area contributed by atoms with Gasteiger partial charge in [-0.05, 0) is 23.8 Å². The average Bonchev–Trinajstić information content (AvgIpc) is 3.12. The van der Waals surface area contributed by atoms with Gasteiger partial charge in [0.25, 0.3) is 0 Å². The Morgan fingerprint density at radius 3 is 2.74 bits per heavy atom. The summed E-state index contributed by atoms with van der Waals surface area (Å²) >= 11 is 3.38. The highest BCUT2D eigenvalue weighted by molar-refractivity contribution is 8.01. The second kappa shape index (κ2) is 8.82. The highest BCUT2D eigenvalue weighted by atomic mass is 32.2. The van der Waals surface area contributed by atoms with E-state index in [9.17, 15) is 4.79 Å². The van der Waals surface area contributed by atoms with Crippen LogP contribution in [0.5, 0.6) is 0 Å². The normalized spacial score (nSPS) is 15.3. The van der Waals surface area contributed by atoms with Gasteiger partial charge in [-0.25, -0.2) is 4.98 Å². The molecule has 3 aromatic rings. The van der Waals surface area contributed by atoms with Crippen molar-refractivity contribution in [2.24, 2.45) is 0 Å². The van der Waals surface area contributed by atoms with Gasteiger partial charge in [0.05, 0.1) is 10.2 Å². The van der Waals surface area contributed by atoms with Crippen LogP contribution in [0.25, 0.3) is 10.2 Å². The predicted molar refractivity (Wildman–Crippen MR) is 111 cm³/mol. The third-order valence-corrected chi connectivity index (χ3v) is 6.85. The number of nitrogens with zero attached hydrogens (tertiary/aromatic N) is 4. The molecule has 1 saturated heterocycles. The number of pyridine rings is 1. The minimum atomic E-state index is 0.254. The van der Waals surface area contributed by atoms with Gasteiger partial charge in [0.15, 0.2) is 4.34 Å². The topological polar surface area (TPSA) is 49.3 Å². The standard InChI is InChI=1S/C20H22N4OS2/c25-19(7-13-26-20-22-17-5-1-2-6-18(17)27-20)24-11-9-23(10-12-24)15-16-4-3-8-21-14-16/h1-6,8,14H,7,9-13,15H2. The van der Waals surface area contributed by atoms with E-state index in [2.05, 4.69) is 27.0 Å². The van der Waals surface area contributed by atoms with Crippen LogP contribution < -0.4 is 0 Å². The summed E-state index contributed by atoms with van der Waals surface area (Å²) in [5, 5.41) is 0. The van der Waals surface area contributed by atoms with Crippen molar-refractivity contribution >= 4 is 39.2 Å². The highest BCUT2D eigenvalue weighted by Crippen LogP contribution is 2.29. The van der Waals surface area contributed by atoms with Gasteiger partial charge in [-0.1, -0.05) is 30.0 Å². The fourth-order valence-electron chi connectivity index (χ4n) is 3.20. The van der Waals surface area contributed by atoms with Gasteiger partial charge in [-0.15, -0.1) is 11.3 Å². The van der Waals surface area contributed by atoms with Crippen LogP contribution in [0, 0.1) is 0 Å². The van der Waals surface area contributed by atoms with Crippen molar-refractivity contribution in [2.75, 3.05) is 31.9 Å². The molecule has 1 amide bonds. The number of fused-ring (bicyclic) bond motifs is 1. The van der Waals surface area contributed by atoms with E-state index in [-0.39, 0.29) is 5.91 Å². The number of hydrogen-bond donors (Lipinski definition) is 0. The summed E-state index contributed by atoms with van der Waals surface area (Å²) in [6.07, 6.45) is 4.28. The van der Waals surface area contributed by atoms with E-state index in [0.717, 1.165) is 48.3 Å². The van der Waals surface area contributed by atoms with Gasteiger partial charge >= 0.3 is 0 Å². The molecule has 0 unspecified atom stereocenters. The Balaban J connectivity index is 1.20. The minimum absolute atomic E-state index is 0.254. The SMILES string of the molecule is O=C(CCSc1nc2ccccc2s1)N1CCN(Cc2cccnc2)CC1. The van der Waals surface area contributed by atoms with Crippen LogP contribution in [0.1, 0.15) is 12.0 Å². The lowest BCUT2D eigenvalue weighted by atomic mass is 10.2. The molecule has 0 atom stereocenters. The maximum absolute atomic E-state index is 12.5. The van der Waals surface area contributed by atoms with E-state index in [1.54, 1.807) is 29.3 Å². The Labute approximate surface area is 167 Å². The zero-order valence-corrected chi connectivity index (χ0v) is 16.7. The molecule has 27 heavy (non-hydrogen) atoms. The number of hydrogen-bond acceptors (Lipinski definition) is 6. The van der Waals surface area contributed by atoms with Crippen molar-refractivity contribution in [3.63, 3.8) is 0 Å². The number of carbonyl (C=O) groups is 1. The van der Waals surface area contributed by atoms with Gasteiger partial charge < -0.3 is 4.90 Å². The van der Waals surface area contributed by atoms with Gasteiger partial charge in [-0.2, -0.15) is 0 Å². The van der Waals surface area contributed by atoms with Crippen LogP contribution in [0.15, 0.2) is 53.1 Å². The van der Waals surface area contributed by atoms with Crippen molar-refractivity contribution < 1.29 is 4.79 Å². The van der Waals surface area contributed by atoms with Crippen LogP contribution in [-0.4, -0.2) is 57.6 Å². The Morgan fingerprint density at radius 1 is 1.11 bits per heavy atom. The number of piperazine rings is 1. The van der Waals surface area contributed by atoms with Crippen molar-refractivity contribution in [3.8, 4) is 0 Å². The third kappa shape index (κ3) is 4.86. The molecular weight excluding hydrogens is 376 g/mol. The van der Waals surface area contributed by atoms with Gasteiger partial charge in [0, 0.05) is 57.3 Å². The molecule has 0 saturated carbocycles. The highest BCUT2D eigenvalue weighted by Gasteiger charge is 2.21. The number of thioether (sulfide) groups is 1. The molecule has 1 aliphatic rings. The molecule has 0 N–H and O–H groups in total. The Bertz CT molecular complexity index is 858. The molecule has 4 rings (SSSR count). The van der Waals surface area contributed by atoms with Crippen LogP contribution in [-0.2, 0) is 11.3 Å². The van der Waals surface area contributed by atoms with Crippen molar-refractivity contribution in [1.82, 2.24) is 19.8 Å². The molecule has 5 nitrogen and oxygen atoms in total. The van der Waals surface area contributed by atoms with E-state index in [1.165, 1.54) is 10.3 Å². The summed E-state index contributed by atoms with van der Waals surface area (Å²) in [4.78, 5) is 25.7. The van der Waals surface area contributed by atoms with Crippen molar-refractivity contribution in [2.45, 2.75) is 17.3 Å². The van der Waals surface area contributed by atoms with Gasteiger partial charge in [0.1, 0.15) is 0 Å². The van der Waals surface area contributed by atoms with E-state index < -0.39 is 0 Å². The fourth-order valence-corrected chi connectivity index (χ4v) is 5.27. The lowest BCUT2D eigenvalue weighted by Gasteiger charge is -2.34. The molecule has 1 aliphatic heterocycles. The third-order valence-electron chi connectivity index (χ3n) is 4.67. The predicted octanol–water partition coefficient (Wildman–Crippen LogP) is 3.52. The molecule has 0 bridgehead atoms. The summed E-state index contributed by atoms with van der Waals surface area (Å²) in [7, 11) is 0. The monoisotopic (exact) mass is 398 g/mol. The molecule has 0 aliphatic carbocycles. The molecule has 7 heteroatoms. The Morgan fingerprint density at radius 2 is 1.96 bits per heavy atom. The van der Waals surface area contributed by atoms with Gasteiger partial charge in [-0.3, -0.25) is 14.7 Å². The van der Waals surface area contributed by atoms with E-state index in [0.29, 0.717) is 6.42 Å². The lowest BCUT2D eigenvalue weighted by Crippen LogP contribution is -2.48. The van der Waals surface area contributed by atoms with Crippen molar-refractivity contribution in [1.29, 1.82) is 0 Å². The first-order chi connectivity index (χ1) is 13.3. The largest absolute Gasteiger partial charge is 0.340 e. The van der Waals surface area contributed by atoms with Gasteiger partial charge in [0.2, 0.25) is 5.91 Å². The Kier molecular flexibility index (Phi) is 6.01. The number of thiazole rings is 1. The molecular formula is C20H22N4OS2. The maximum Gasteiger partial charge on any atom is 0.223 e.